The zero-order valence-corrected chi connectivity index (χ0v) is 11.0. The third-order valence-corrected chi connectivity index (χ3v) is 2.53. The topological polar surface area (TPSA) is 80.0 Å². The molecule has 2 heterocycles. The second kappa shape index (κ2) is 6.50. The molecule has 0 aliphatic rings. The molecule has 0 spiro atoms. The van der Waals surface area contributed by atoms with E-state index in [-0.39, 0.29) is 12.5 Å². The molecule has 1 amide bonds. The molecule has 0 saturated carbocycles. The average Bonchev–Trinajstić information content (AvgIpc) is 2.93. The van der Waals surface area contributed by atoms with Gasteiger partial charge in [-0.3, -0.25) is 14.5 Å². The van der Waals surface area contributed by atoms with Crippen molar-refractivity contribution in [3.05, 3.63) is 42.0 Å². The smallest absolute Gasteiger partial charge is 0.257 e. The van der Waals surface area contributed by atoms with Gasteiger partial charge in [-0.05, 0) is 13.0 Å². The van der Waals surface area contributed by atoms with E-state index >= 15 is 0 Å². The SMILES string of the molecule is CCn1cc(NC(=O)c2cncc(C#CCO)c2)cn1. The monoisotopic (exact) mass is 270 g/mol. The van der Waals surface area contributed by atoms with Crippen LogP contribution in [-0.4, -0.2) is 32.4 Å². The summed E-state index contributed by atoms with van der Waals surface area (Å²) in [5, 5.41) is 15.5. The van der Waals surface area contributed by atoms with Crippen molar-refractivity contribution >= 4 is 11.6 Å². The van der Waals surface area contributed by atoms with E-state index in [4.69, 9.17) is 5.11 Å². The van der Waals surface area contributed by atoms with Gasteiger partial charge in [0.1, 0.15) is 6.61 Å². The lowest BCUT2D eigenvalue weighted by atomic mass is 10.2. The number of aromatic nitrogens is 3. The van der Waals surface area contributed by atoms with Gasteiger partial charge in [0.15, 0.2) is 0 Å². The number of nitrogens with zero attached hydrogens (tertiary/aromatic N) is 3. The molecule has 0 fully saturated rings. The van der Waals surface area contributed by atoms with Crippen LogP contribution >= 0.6 is 0 Å². The number of aryl methyl sites for hydroxylation is 1. The molecule has 2 N–H and O–H groups in total. The van der Waals surface area contributed by atoms with Crippen molar-refractivity contribution in [1.29, 1.82) is 0 Å². The summed E-state index contributed by atoms with van der Waals surface area (Å²) in [6, 6.07) is 1.62. The molecule has 0 aliphatic carbocycles. The Kier molecular flexibility index (Phi) is 4.47. The molecule has 2 rings (SSSR count). The van der Waals surface area contributed by atoms with E-state index in [1.54, 1.807) is 23.1 Å². The summed E-state index contributed by atoms with van der Waals surface area (Å²) >= 11 is 0. The Balaban J connectivity index is 2.12. The van der Waals surface area contributed by atoms with Gasteiger partial charge in [-0.25, -0.2) is 0 Å². The van der Waals surface area contributed by atoms with E-state index in [1.807, 2.05) is 6.92 Å². The molecule has 0 aliphatic heterocycles. The molecule has 0 unspecified atom stereocenters. The van der Waals surface area contributed by atoms with E-state index < -0.39 is 0 Å². The van der Waals surface area contributed by atoms with Crippen molar-refractivity contribution in [1.82, 2.24) is 14.8 Å². The second-order valence-electron chi connectivity index (χ2n) is 3.96. The molecule has 2 aromatic heterocycles. The number of pyridine rings is 1. The lowest BCUT2D eigenvalue weighted by Gasteiger charge is -2.02. The molecule has 0 saturated heterocycles. The molecule has 6 heteroatoms. The van der Waals surface area contributed by atoms with Gasteiger partial charge in [0, 0.05) is 30.7 Å². The van der Waals surface area contributed by atoms with Crippen molar-refractivity contribution in [3.63, 3.8) is 0 Å². The minimum absolute atomic E-state index is 0.230. The standard InChI is InChI=1S/C14H14N4O2/c1-2-18-10-13(9-16-18)17-14(20)12-6-11(4-3-5-19)7-15-8-12/h6-10,19H,2,5H2,1H3,(H,17,20). The Morgan fingerprint density at radius 2 is 2.30 bits per heavy atom. The van der Waals surface area contributed by atoms with Crippen LogP contribution in [0.25, 0.3) is 0 Å². The molecule has 6 nitrogen and oxygen atoms in total. The van der Waals surface area contributed by atoms with E-state index in [0.29, 0.717) is 16.8 Å². The fraction of sp³-hybridized carbons (Fsp3) is 0.214. The molecule has 0 radical (unpaired) electrons. The van der Waals surface area contributed by atoms with Crippen LogP contribution in [0, 0.1) is 11.8 Å². The molecule has 0 aromatic carbocycles. The number of carbonyl (C=O) groups is 1. The molecule has 0 bridgehead atoms. The summed E-state index contributed by atoms with van der Waals surface area (Å²) in [7, 11) is 0. The average molecular weight is 270 g/mol. The molecule has 20 heavy (non-hydrogen) atoms. The lowest BCUT2D eigenvalue weighted by Crippen LogP contribution is -2.12. The summed E-state index contributed by atoms with van der Waals surface area (Å²) in [6.07, 6.45) is 6.34. The lowest BCUT2D eigenvalue weighted by molar-refractivity contribution is 0.102. The maximum Gasteiger partial charge on any atom is 0.257 e. The number of nitrogens with one attached hydrogen (secondary N) is 1. The first-order chi connectivity index (χ1) is 9.72. The minimum atomic E-state index is -0.277. The van der Waals surface area contributed by atoms with Gasteiger partial charge in [-0.1, -0.05) is 11.8 Å². The number of amides is 1. The van der Waals surface area contributed by atoms with Crippen molar-refractivity contribution < 1.29 is 9.90 Å². The fourth-order valence-corrected chi connectivity index (χ4v) is 1.58. The summed E-state index contributed by atoms with van der Waals surface area (Å²) in [6.45, 7) is 2.47. The van der Waals surface area contributed by atoms with Crippen LogP contribution in [0.5, 0.6) is 0 Å². The van der Waals surface area contributed by atoms with Crippen LogP contribution in [0.1, 0.15) is 22.8 Å². The highest BCUT2D eigenvalue weighted by atomic mass is 16.2. The van der Waals surface area contributed by atoms with Crippen molar-refractivity contribution in [3.8, 4) is 11.8 Å². The summed E-state index contributed by atoms with van der Waals surface area (Å²) in [4.78, 5) is 16.0. The van der Waals surface area contributed by atoms with E-state index in [9.17, 15) is 4.79 Å². The van der Waals surface area contributed by atoms with Crippen LogP contribution in [0.15, 0.2) is 30.9 Å². The maximum atomic E-state index is 12.1. The Morgan fingerprint density at radius 3 is 3.00 bits per heavy atom. The summed E-state index contributed by atoms with van der Waals surface area (Å²) < 4.78 is 1.72. The third kappa shape index (κ3) is 3.43. The normalized spacial score (nSPS) is 9.70. The summed E-state index contributed by atoms with van der Waals surface area (Å²) in [5.74, 6) is 4.94. The Hall–Kier alpha value is -2.65. The highest BCUT2D eigenvalue weighted by Crippen LogP contribution is 2.08. The number of carbonyl (C=O) groups excluding carboxylic acids is 1. The van der Waals surface area contributed by atoms with Crippen LogP contribution in [0.2, 0.25) is 0 Å². The van der Waals surface area contributed by atoms with Crippen molar-refractivity contribution in [2.45, 2.75) is 13.5 Å². The molecular weight excluding hydrogens is 256 g/mol. The van der Waals surface area contributed by atoms with Gasteiger partial charge < -0.3 is 10.4 Å². The van der Waals surface area contributed by atoms with Crippen molar-refractivity contribution in [2.24, 2.45) is 0 Å². The predicted molar refractivity (Wildman–Crippen MR) is 74.1 cm³/mol. The predicted octanol–water partition coefficient (Wildman–Crippen LogP) is 0.894. The van der Waals surface area contributed by atoms with E-state index in [0.717, 1.165) is 6.54 Å². The quantitative estimate of drug-likeness (QED) is 0.812. The Morgan fingerprint density at radius 1 is 1.45 bits per heavy atom. The van der Waals surface area contributed by atoms with Crippen LogP contribution in [0.3, 0.4) is 0 Å². The maximum absolute atomic E-state index is 12.1. The number of rotatable bonds is 3. The van der Waals surface area contributed by atoms with Crippen LogP contribution in [-0.2, 0) is 6.54 Å². The van der Waals surface area contributed by atoms with Crippen LogP contribution < -0.4 is 5.32 Å². The highest BCUT2D eigenvalue weighted by molar-refractivity contribution is 6.04. The first kappa shape index (κ1) is 13.8. The highest BCUT2D eigenvalue weighted by Gasteiger charge is 2.08. The second-order valence-corrected chi connectivity index (χ2v) is 3.96. The minimum Gasteiger partial charge on any atom is -0.384 e. The molecule has 102 valence electrons. The number of aliphatic hydroxyl groups excluding tert-OH is 1. The Bertz CT molecular complexity index is 667. The van der Waals surface area contributed by atoms with Gasteiger partial charge in [-0.15, -0.1) is 0 Å². The van der Waals surface area contributed by atoms with Gasteiger partial charge in [0.2, 0.25) is 0 Å². The first-order valence-corrected chi connectivity index (χ1v) is 6.11. The number of anilines is 1. The van der Waals surface area contributed by atoms with E-state index in [1.165, 1.54) is 12.4 Å². The zero-order valence-electron chi connectivity index (χ0n) is 11.0. The van der Waals surface area contributed by atoms with Gasteiger partial charge in [0.25, 0.3) is 5.91 Å². The zero-order chi connectivity index (χ0) is 14.4. The molecule has 2 aromatic rings. The number of hydrogen-bond acceptors (Lipinski definition) is 4. The molecule has 0 atom stereocenters. The largest absolute Gasteiger partial charge is 0.384 e. The van der Waals surface area contributed by atoms with Gasteiger partial charge in [-0.2, -0.15) is 5.10 Å². The third-order valence-electron chi connectivity index (χ3n) is 2.53. The number of hydrogen-bond donors (Lipinski definition) is 2. The Labute approximate surface area is 116 Å². The fourth-order valence-electron chi connectivity index (χ4n) is 1.58. The van der Waals surface area contributed by atoms with Crippen molar-refractivity contribution in [2.75, 3.05) is 11.9 Å². The first-order valence-electron chi connectivity index (χ1n) is 6.11. The number of aliphatic hydroxyl groups is 1. The van der Waals surface area contributed by atoms with Gasteiger partial charge in [0.05, 0.1) is 17.4 Å². The van der Waals surface area contributed by atoms with Gasteiger partial charge >= 0.3 is 0 Å². The molecular formula is C14H14N4O2. The van der Waals surface area contributed by atoms with Crippen LogP contribution in [0.4, 0.5) is 5.69 Å². The summed E-state index contributed by atoms with van der Waals surface area (Å²) in [5.41, 5.74) is 1.61. The van der Waals surface area contributed by atoms with E-state index in [2.05, 4.69) is 27.2 Å².